The van der Waals surface area contributed by atoms with Gasteiger partial charge in [0.05, 0.1) is 12.2 Å². The van der Waals surface area contributed by atoms with Gasteiger partial charge in [0.15, 0.2) is 5.82 Å². The number of aryl methyl sites for hydroxylation is 1. The fourth-order valence-corrected chi connectivity index (χ4v) is 4.96. The highest BCUT2D eigenvalue weighted by molar-refractivity contribution is 6.02. The summed E-state index contributed by atoms with van der Waals surface area (Å²) < 4.78 is 30.0. The smallest absolute Gasteiger partial charge is 0.328 e. The highest BCUT2D eigenvalue weighted by atomic mass is 19.1. The van der Waals surface area contributed by atoms with Crippen molar-refractivity contribution in [2.24, 2.45) is 5.73 Å². The summed E-state index contributed by atoms with van der Waals surface area (Å²) in [6.45, 7) is 4.97. The molecule has 3 amide bonds. The zero-order valence-corrected chi connectivity index (χ0v) is 22.0. The quantitative estimate of drug-likeness (QED) is 0.474. The van der Waals surface area contributed by atoms with E-state index in [9.17, 15) is 18.4 Å². The van der Waals surface area contributed by atoms with E-state index in [0.717, 1.165) is 54.9 Å². The standard InChI is InChI=1S/C28H31F2N7O2/c1-3-4-6-17-9-10-18(25(31)38)15-19(17)23-20-16-32-28(39)37(24-21(29)7-5-8-22(24)30)26(20)34-27(33-23)36-13-11-35(2)12-14-36/h5,7-10,15H,3-4,6,11-14,16H2,1-2H3,(H2,31,38)(H,32,39). The number of amides is 3. The molecule has 0 radical (unpaired) electrons. The second-order valence-corrected chi connectivity index (χ2v) is 9.87. The van der Waals surface area contributed by atoms with Gasteiger partial charge >= 0.3 is 6.03 Å². The second-order valence-electron chi connectivity index (χ2n) is 9.87. The normalized spacial score (nSPS) is 15.7. The molecule has 0 spiro atoms. The number of anilines is 3. The van der Waals surface area contributed by atoms with Crippen molar-refractivity contribution in [3.8, 4) is 11.3 Å². The third-order valence-corrected chi connectivity index (χ3v) is 7.20. The monoisotopic (exact) mass is 535 g/mol. The molecule has 2 aliphatic heterocycles. The largest absolute Gasteiger partial charge is 0.366 e. The zero-order chi connectivity index (χ0) is 27.7. The molecule has 1 aromatic heterocycles. The molecule has 2 aromatic carbocycles. The minimum atomic E-state index is -0.890. The first-order valence-corrected chi connectivity index (χ1v) is 13.1. The third kappa shape index (κ3) is 5.14. The molecule has 0 bridgehead atoms. The van der Waals surface area contributed by atoms with Crippen LogP contribution in [-0.4, -0.2) is 60.0 Å². The van der Waals surface area contributed by atoms with Crippen LogP contribution in [0.5, 0.6) is 0 Å². The van der Waals surface area contributed by atoms with Gasteiger partial charge in [0.1, 0.15) is 17.3 Å². The summed E-state index contributed by atoms with van der Waals surface area (Å²) >= 11 is 0. The van der Waals surface area contributed by atoms with Gasteiger partial charge in [0.25, 0.3) is 0 Å². The lowest BCUT2D eigenvalue weighted by molar-refractivity contribution is 0.1000. The van der Waals surface area contributed by atoms with Crippen molar-refractivity contribution in [3.63, 3.8) is 0 Å². The van der Waals surface area contributed by atoms with Crippen molar-refractivity contribution < 1.29 is 18.4 Å². The van der Waals surface area contributed by atoms with E-state index in [1.165, 1.54) is 6.07 Å². The van der Waals surface area contributed by atoms with Crippen molar-refractivity contribution >= 4 is 29.4 Å². The maximum atomic E-state index is 15.0. The van der Waals surface area contributed by atoms with Crippen LogP contribution >= 0.6 is 0 Å². The molecule has 1 saturated heterocycles. The van der Waals surface area contributed by atoms with E-state index in [1.807, 2.05) is 18.0 Å². The van der Waals surface area contributed by atoms with E-state index in [1.54, 1.807) is 12.1 Å². The van der Waals surface area contributed by atoms with Gasteiger partial charge in [-0.2, -0.15) is 4.98 Å². The number of likely N-dealkylation sites (N-methyl/N-ethyl adjacent to an activating group) is 1. The zero-order valence-electron chi connectivity index (χ0n) is 22.0. The van der Waals surface area contributed by atoms with Crippen LogP contribution in [-0.2, 0) is 13.0 Å². The molecule has 3 N–H and O–H groups in total. The van der Waals surface area contributed by atoms with Crippen molar-refractivity contribution in [1.82, 2.24) is 20.2 Å². The van der Waals surface area contributed by atoms with Gasteiger partial charge in [-0.25, -0.2) is 23.5 Å². The number of nitrogens with one attached hydrogen (secondary N) is 1. The number of hydrogen-bond donors (Lipinski definition) is 2. The minimum absolute atomic E-state index is 0.0487. The topological polar surface area (TPSA) is 108 Å². The van der Waals surface area contributed by atoms with E-state index in [-0.39, 0.29) is 12.4 Å². The lowest BCUT2D eigenvalue weighted by Gasteiger charge is -2.35. The molecule has 9 nitrogen and oxygen atoms in total. The fourth-order valence-electron chi connectivity index (χ4n) is 4.96. The van der Waals surface area contributed by atoms with Crippen LogP contribution < -0.4 is 20.9 Å². The molecule has 1 fully saturated rings. The maximum Gasteiger partial charge on any atom is 0.328 e. The summed E-state index contributed by atoms with van der Waals surface area (Å²) in [5, 5.41) is 2.72. The van der Waals surface area contributed by atoms with Gasteiger partial charge in [0, 0.05) is 42.9 Å². The minimum Gasteiger partial charge on any atom is -0.366 e. The predicted octanol–water partition coefficient (Wildman–Crippen LogP) is 3.98. The number of para-hydroxylation sites is 1. The SMILES string of the molecule is CCCCc1ccc(C(N)=O)cc1-c1nc(N2CCN(C)CC2)nc2c1CNC(=O)N2c1c(F)cccc1F. The van der Waals surface area contributed by atoms with Crippen LogP contribution in [0.25, 0.3) is 11.3 Å². The highest BCUT2D eigenvalue weighted by Gasteiger charge is 2.35. The number of aromatic nitrogens is 2. The number of carbonyl (C=O) groups excluding carboxylic acids is 2. The Morgan fingerprint density at radius 3 is 2.46 bits per heavy atom. The molecule has 5 rings (SSSR count). The van der Waals surface area contributed by atoms with Gasteiger partial charge in [0.2, 0.25) is 11.9 Å². The Balaban J connectivity index is 1.77. The average molecular weight is 536 g/mol. The summed E-state index contributed by atoms with van der Waals surface area (Å²) in [5.74, 6) is -1.91. The Morgan fingerprint density at radius 2 is 1.79 bits per heavy atom. The molecule has 39 heavy (non-hydrogen) atoms. The van der Waals surface area contributed by atoms with Gasteiger partial charge < -0.3 is 20.9 Å². The van der Waals surface area contributed by atoms with Gasteiger partial charge in [-0.05, 0) is 49.7 Å². The number of primary amides is 1. The number of fused-ring (bicyclic) bond motifs is 1. The van der Waals surface area contributed by atoms with Crippen LogP contribution in [0.2, 0.25) is 0 Å². The van der Waals surface area contributed by atoms with Crippen molar-refractivity contribution in [3.05, 3.63) is 64.7 Å². The number of hydrogen-bond acceptors (Lipinski definition) is 6. The first kappa shape index (κ1) is 26.5. The van der Waals surface area contributed by atoms with Gasteiger partial charge in [-0.1, -0.05) is 25.5 Å². The maximum absolute atomic E-state index is 15.0. The second kappa shape index (κ2) is 10.9. The number of nitrogens with two attached hydrogens (primary N) is 1. The first-order valence-electron chi connectivity index (χ1n) is 13.1. The lowest BCUT2D eigenvalue weighted by atomic mass is 9.94. The number of urea groups is 1. The van der Waals surface area contributed by atoms with Crippen molar-refractivity contribution in [1.29, 1.82) is 0 Å². The van der Waals surface area contributed by atoms with Crippen LogP contribution in [0.1, 0.15) is 41.3 Å². The number of carbonyl (C=O) groups is 2. The molecule has 2 aliphatic rings. The van der Waals surface area contributed by atoms with Crippen LogP contribution in [0, 0.1) is 11.6 Å². The molecular formula is C28H31F2N7O2. The van der Waals surface area contributed by atoms with Crippen molar-refractivity contribution in [2.45, 2.75) is 32.7 Å². The Bertz CT molecular complexity index is 1400. The molecule has 0 unspecified atom stereocenters. The molecule has 204 valence electrons. The van der Waals surface area contributed by atoms with Crippen LogP contribution in [0.4, 0.5) is 31.0 Å². The molecule has 3 aromatic rings. The molecular weight excluding hydrogens is 504 g/mol. The van der Waals surface area contributed by atoms with E-state index in [4.69, 9.17) is 15.7 Å². The van der Waals surface area contributed by atoms with Crippen molar-refractivity contribution in [2.75, 3.05) is 43.0 Å². The highest BCUT2D eigenvalue weighted by Crippen LogP contribution is 2.40. The van der Waals surface area contributed by atoms with Crippen LogP contribution in [0.3, 0.4) is 0 Å². The lowest BCUT2D eigenvalue weighted by Crippen LogP contribution is -2.46. The van der Waals surface area contributed by atoms with E-state index >= 15 is 0 Å². The molecule has 3 heterocycles. The average Bonchev–Trinajstić information content (AvgIpc) is 2.92. The third-order valence-electron chi connectivity index (χ3n) is 7.20. The van der Waals surface area contributed by atoms with E-state index < -0.39 is 29.3 Å². The number of rotatable bonds is 7. The molecule has 11 heteroatoms. The summed E-state index contributed by atoms with van der Waals surface area (Å²) in [6, 6.07) is 8.00. The number of unbranched alkanes of at least 4 members (excludes halogenated alkanes) is 1. The van der Waals surface area contributed by atoms with Gasteiger partial charge in [-0.3, -0.25) is 4.79 Å². The first-order chi connectivity index (χ1) is 18.8. The van der Waals surface area contributed by atoms with Crippen LogP contribution in [0.15, 0.2) is 36.4 Å². The Kier molecular flexibility index (Phi) is 7.42. The molecule has 0 saturated carbocycles. The van der Waals surface area contributed by atoms with Gasteiger partial charge in [-0.15, -0.1) is 0 Å². The summed E-state index contributed by atoms with van der Waals surface area (Å²) in [7, 11) is 2.03. The van der Waals surface area contributed by atoms with E-state index in [0.29, 0.717) is 41.4 Å². The summed E-state index contributed by atoms with van der Waals surface area (Å²) in [4.78, 5) is 40.1. The molecule has 0 atom stereocenters. The fraction of sp³-hybridized carbons (Fsp3) is 0.357. The predicted molar refractivity (Wildman–Crippen MR) is 145 cm³/mol. The summed E-state index contributed by atoms with van der Waals surface area (Å²) in [5.41, 5.74) is 8.04. The summed E-state index contributed by atoms with van der Waals surface area (Å²) in [6.07, 6.45) is 2.60. The number of halogens is 2. The van der Waals surface area contributed by atoms with E-state index in [2.05, 4.69) is 17.1 Å². The Morgan fingerprint density at radius 1 is 1.08 bits per heavy atom. The number of nitrogens with zero attached hydrogens (tertiary/aromatic N) is 5. The Hall–Kier alpha value is -4.12. The number of piperazine rings is 1. The Labute approximate surface area is 225 Å². The number of benzene rings is 2. The molecule has 0 aliphatic carbocycles.